The average Bonchev–Trinajstić information content (AvgIpc) is 2.30. The molecular weight excluding hydrogens is 142 g/mol. The Kier molecular flexibility index (Phi) is 1.26. The second kappa shape index (κ2) is 2.13. The van der Waals surface area contributed by atoms with Gasteiger partial charge in [0.25, 0.3) is 6.41 Å². The van der Waals surface area contributed by atoms with E-state index in [1.807, 2.05) is 24.3 Å². The van der Waals surface area contributed by atoms with Crippen molar-refractivity contribution >= 4 is 5.69 Å². The van der Waals surface area contributed by atoms with Gasteiger partial charge in [-0.15, -0.1) is 0 Å². The van der Waals surface area contributed by atoms with Gasteiger partial charge in [0.1, 0.15) is 5.75 Å². The first kappa shape index (κ1) is 6.49. The Balaban J connectivity index is 2.47. The lowest BCUT2D eigenvalue weighted by atomic mass is 10.3. The first-order chi connectivity index (χ1) is 5.29. The monoisotopic (exact) mass is 151 g/mol. The van der Waals surface area contributed by atoms with E-state index in [0.717, 1.165) is 11.4 Å². The van der Waals surface area contributed by atoms with Crippen LogP contribution in [0.3, 0.4) is 0 Å². The molecule has 58 valence electrons. The zero-order chi connectivity index (χ0) is 7.84. The van der Waals surface area contributed by atoms with Crippen molar-refractivity contribution in [2.24, 2.45) is 0 Å². The molecule has 1 aromatic carbocycles. The molecule has 1 N–H and O–H groups in total. The second-order valence-corrected chi connectivity index (χ2v) is 2.52. The maximum Gasteiger partial charge on any atom is 0.281 e. The second-order valence-electron chi connectivity index (χ2n) is 2.52. The Morgan fingerprint density at radius 3 is 2.91 bits per heavy atom. The third-order valence-corrected chi connectivity index (χ3v) is 1.81. The highest BCUT2D eigenvalue weighted by Crippen LogP contribution is 2.34. The van der Waals surface area contributed by atoms with E-state index >= 15 is 0 Å². The number of aliphatic hydroxyl groups is 1. The molecule has 11 heavy (non-hydrogen) atoms. The highest BCUT2D eigenvalue weighted by molar-refractivity contribution is 5.60. The number of nitrogens with zero attached hydrogens (tertiary/aromatic N) is 1. The molecule has 1 aliphatic rings. The van der Waals surface area contributed by atoms with E-state index in [1.165, 1.54) is 0 Å². The first-order valence-electron chi connectivity index (χ1n) is 3.45. The van der Waals surface area contributed by atoms with E-state index in [9.17, 15) is 5.11 Å². The van der Waals surface area contributed by atoms with Gasteiger partial charge in [0.2, 0.25) is 0 Å². The normalized spacial score (nSPS) is 21.3. The largest absolute Gasteiger partial charge is 0.445 e. The minimum absolute atomic E-state index is 0.738. The summed E-state index contributed by atoms with van der Waals surface area (Å²) < 4.78 is 5.10. The molecule has 1 heterocycles. The van der Waals surface area contributed by atoms with Crippen LogP contribution in [0.25, 0.3) is 0 Å². The number of para-hydroxylation sites is 2. The molecule has 0 amide bonds. The van der Waals surface area contributed by atoms with Crippen LogP contribution in [0.15, 0.2) is 24.3 Å². The van der Waals surface area contributed by atoms with Gasteiger partial charge in [-0.25, -0.2) is 0 Å². The molecule has 1 unspecified atom stereocenters. The Hall–Kier alpha value is -1.22. The molecule has 0 aromatic heterocycles. The van der Waals surface area contributed by atoms with E-state index in [2.05, 4.69) is 0 Å². The highest BCUT2D eigenvalue weighted by atomic mass is 16.6. The number of hydrogen-bond donors (Lipinski definition) is 1. The Morgan fingerprint density at radius 1 is 1.45 bits per heavy atom. The van der Waals surface area contributed by atoms with E-state index in [-0.39, 0.29) is 0 Å². The molecule has 3 nitrogen and oxygen atoms in total. The van der Waals surface area contributed by atoms with Crippen molar-refractivity contribution < 1.29 is 9.84 Å². The summed E-state index contributed by atoms with van der Waals surface area (Å²) in [6.07, 6.45) is -0.826. The lowest BCUT2D eigenvalue weighted by Gasteiger charge is -2.13. The lowest BCUT2D eigenvalue weighted by molar-refractivity contribution is 0.000986. The molecule has 0 fully saturated rings. The van der Waals surface area contributed by atoms with Crippen LogP contribution in [0.1, 0.15) is 0 Å². The molecule has 0 saturated heterocycles. The molecule has 0 radical (unpaired) electrons. The molecule has 3 heteroatoms. The van der Waals surface area contributed by atoms with Crippen molar-refractivity contribution in [3.63, 3.8) is 0 Å². The summed E-state index contributed by atoms with van der Waals surface area (Å²) in [7, 11) is 1.79. The number of hydrogen-bond acceptors (Lipinski definition) is 3. The molecule has 0 spiro atoms. The summed E-state index contributed by atoms with van der Waals surface area (Å²) in [4.78, 5) is 1.68. The van der Waals surface area contributed by atoms with Crippen LogP contribution < -0.4 is 9.64 Å². The Bertz CT molecular complexity index is 275. The quantitative estimate of drug-likeness (QED) is 0.595. The summed E-state index contributed by atoms with van der Waals surface area (Å²) in [6.45, 7) is 0. The fourth-order valence-corrected chi connectivity index (χ4v) is 1.16. The van der Waals surface area contributed by atoms with Crippen molar-refractivity contribution in [3.8, 4) is 5.75 Å². The van der Waals surface area contributed by atoms with Crippen LogP contribution in [0.2, 0.25) is 0 Å². The van der Waals surface area contributed by atoms with Gasteiger partial charge in [0.05, 0.1) is 5.69 Å². The summed E-state index contributed by atoms with van der Waals surface area (Å²) in [5.74, 6) is 0.738. The third-order valence-electron chi connectivity index (χ3n) is 1.81. The SMILES string of the molecule is CN1c2ccccc2OC1O. The zero-order valence-corrected chi connectivity index (χ0v) is 6.19. The third kappa shape index (κ3) is 0.851. The predicted octanol–water partition coefficient (Wildman–Crippen LogP) is 0.791. The van der Waals surface area contributed by atoms with E-state index in [4.69, 9.17) is 4.74 Å². The van der Waals surface area contributed by atoms with Gasteiger partial charge >= 0.3 is 0 Å². The zero-order valence-electron chi connectivity index (χ0n) is 6.19. The summed E-state index contributed by atoms with van der Waals surface area (Å²) in [5, 5.41) is 9.22. The molecule has 1 aliphatic heterocycles. The smallest absolute Gasteiger partial charge is 0.281 e. The molecular formula is C8H9NO2. The van der Waals surface area contributed by atoms with Gasteiger partial charge in [0.15, 0.2) is 0 Å². The number of fused-ring (bicyclic) bond motifs is 1. The fourth-order valence-electron chi connectivity index (χ4n) is 1.16. The summed E-state index contributed by atoms with van der Waals surface area (Å²) in [5.41, 5.74) is 0.931. The number of anilines is 1. The van der Waals surface area contributed by atoms with Crippen LogP contribution in [0.4, 0.5) is 5.69 Å². The molecule has 0 saturated carbocycles. The number of aliphatic hydroxyl groups excluding tert-OH is 1. The Morgan fingerprint density at radius 2 is 2.18 bits per heavy atom. The highest BCUT2D eigenvalue weighted by Gasteiger charge is 2.24. The Labute approximate surface area is 64.8 Å². The predicted molar refractivity (Wildman–Crippen MR) is 41.5 cm³/mol. The van der Waals surface area contributed by atoms with Gasteiger partial charge in [-0.2, -0.15) is 0 Å². The van der Waals surface area contributed by atoms with Gasteiger partial charge in [-0.05, 0) is 12.1 Å². The number of rotatable bonds is 0. The van der Waals surface area contributed by atoms with Crippen LogP contribution in [0.5, 0.6) is 5.75 Å². The maximum atomic E-state index is 9.22. The van der Waals surface area contributed by atoms with Crippen molar-refractivity contribution in [1.82, 2.24) is 0 Å². The standard InChI is InChI=1S/C8H9NO2/c1-9-6-4-2-3-5-7(6)11-8(9)10/h2-5,8,10H,1H3. The van der Waals surface area contributed by atoms with Crippen LogP contribution in [-0.2, 0) is 0 Å². The summed E-state index contributed by atoms with van der Waals surface area (Å²) in [6, 6.07) is 7.54. The van der Waals surface area contributed by atoms with Crippen molar-refractivity contribution in [3.05, 3.63) is 24.3 Å². The van der Waals surface area contributed by atoms with Gasteiger partial charge in [0, 0.05) is 7.05 Å². The van der Waals surface area contributed by atoms with Gasteiger partial charge in [-0.1, -0.05) is 12.1 Å². The van der Waals surface area contributed by atoms with Crippen molar-refractivity contribution in [2.45, 2.75) is 6.41 Å². The number of benzene rings is 1. The van der Waals surface area contributed by atoms with Crippen LogP contribution in [0, 0.1) is 0 Å². The van der Waals surface area contributed by atoms with E-state index in [0.29, 0.717) is 0 Å². The van der Waals surface area contributed by atoms with Gasteiger partial charge in [-0.3, -0.25) is 0 Å². The maximum absolute atomic E-state index is 9.22. The topological polar surface area (TPSA) is 32.7 Å². The number of ether oxygens (including phenoxy) is 1. The lowest BCUT2D eigenvalue weighted by Crippen LogP contribution is -2.29. The van der Waals surface area contributed by atoms with E-state index < -0.39 is 6.41 Å². The fraction of sp³-hybridized carbons (Fsp3) is 0.250. The summed E-state index contributed by atoms with van der Waals surface area (Å²) >= 11 is 0. The minimum Gasteiger partial charge on any atom is -0.445 e. The molecule has 1 atom stereocenters. The van der Waals surface area contributed by atoms with Crippen molar-refractivity contribution in [1.29, 1.82) is 0 Å². The average molecular weight is 151 g/mol. The molecule has 0 bridgehead atoms. The van der Waals surface area contributed by atoms with Gasteiger partial charge < -0.3 is 14.7 Å². The first-order valence-corrected chi connectivity index (χ1v) is 3.45. The van der Waals surface area contributed by atoms with Crippen LogP contribution >= 0.6 is 0 Å². The molecule has 0 aliphatic carbocycles. The van der Waals surface area contributed by atoms with Crippen molar-refractivity contribution in [2.75, 3.05) is 11.9 Å². The van der Waals surface area contributed by atoms with E-state index in [1.54, 1.807) is 11.9 Å². The minimum atomic E-state index is -0.826. The van der Waals surface area contributed by atoms with Crippen LogP contribution in [-0.4, -0.2) is 18.6 Å². The molecule has 1 aromatic rings. The molecule has 2 rings (SSSR count).